The Hall–Kier alpha value is -0.240. The van der Waals surface area contributed by atoms with Gasteiger partial charge in [0, 0.05) is 0 Å². The van der Waals surface area contributed by atoms with Gasteiger partial charge in [-0.3, -0.25) is 0 Å². The molecule has 12 heavy (non-hydrogen) atoms. The number of ether oxygens (including phenoxy) is 1. The van der Waals surface area contributed by atoms with Crippen molar-refractivity contribution in [3.05, 3.63) is 0 Å². The summed E-state index contributed by atoms with van der Waals surface area (Å²) in [6, 6.07) is 0. The molecule has 5 N–H and O–H groups in total. The van der Waals surface area contributed by atoms with Crippen LogP contribution in [0, 0.1) is 0 Å². The maximum atomic E-state index is 9.12. The molecular weight excluding hydrogens is 169 g/mol. The van der Waals surface area contributed by atoms with Gasteiger partial charge in [0.15, 0.2) is 6.29 Å². The summed E-state index contributed by atoms with van der Waals surface area (Å²) in [5.41, 5.74) is 0. The van der Waals surface area contributed by atoms with Crippen LogP contribution in [0.4, 0.5) is 0 Å². The van der Waals surface area contributed by atoms with Gasteiger partial charge in [-0.1, -0.05) is 0 Å². The fraction of sp³-hybridized carbons (Fsp3) is 1.00. The van der Waals surface area contributed by atoms with Gasteiger partial charge in [-0.25, -0.2) is 0 Å². The predicted molar refractivity (Wildman–Crippen MR) is 36.0 cm³/mol. The standard InChI is InChI=1S/C6H12O6/c7-1-2-3(8)4(9)5(10)6(11)12-2/h2-11H,1H2/t2-,3+,4+,5-,6?/m1/s1/i1+1. The Morgan fingerprint density at radius 1 is 0.917 bits per heavy atom. The molecule has 0 aliphatic carbocycles. The average Bonchev–Trinajstić information content (AvgIpc) is 2.08. The zero-order valence-corrected chi connectivity index (χ0v) is 6.24. The lowest BCUT2D eigenvalue weighted by Crippen LogP contribution is -2.58. The van der Waals surface area contributed by atoms with E-state index in [2.05, 4.69) is 4.74 Å². The third-order valence-corrected chi connectivity index (χ3v) is 1.87. The summed E-state index contributed by atoms with van der Waals surface area (Å²) in [5, 5.41) is 44.7. The van der Waals surface area contributed by atoms with Crippen molar-refractivity contribution >= 4 is 0 Å². The van der Waals surface area contributed by atoms with Gasteiger partial charge in [0.25, 0.3) is 0 Å². The van der Waals surface area contributed by atoms with Crippen LogP contribution in [0.2, 0.25) is 0 Å². The molecule has 0 aromatic carbocycles. The lowest BCUT2D eigenvalue weighted by Gasteiger charge is -2.37. The molecule has 1 rings (SSSR count). The van der Waals surface area contributed by atoms with E-state index in [1.807, 2.05) is 0 Å². The van der Waals surface area contributed by atoms with Crippen LogP contribution >= 0.6 is 0 Å². The van der Waals surface area contributed by atoms with E-state index in [1.54, 1.807) is 0 Å². The van der Waals surface area contributed by atoms with Gasteiger partial charge in [0.2, 0.25) is 0 Å². The second kappa shape index (κ2) is 3.65. The van der Waals surface area contributed by atoms with Crippen LogP contribution in [-0.2, 0) is 4.74 Å². The minimum Gasteiger partial charge on any atom is -0.394 e. The zero-order valence-electron chi connectivity index (χ0n) is 6.24. The molecule has 1 aliphatic rings. The number of hydrogen-bond donors (Lipinski definition) is 5. The van der Waals surface area contributed by atoms with Crippen LogP contribution in [0.15, 0.2) is 0 Å². The molecule has 5 atom stereocenters. The molecule has 1 fully saturated rings. The fourth-order valence-electron chi connectivity index (χ4n) is 1.08. The van der Waals surface area contributed by atoms with Gasteiger partial charge < -0.3 is 30.3 Å². The highest BCUT2D eigenvalue weighted by atomic mass is 16.6. The van der Waals surface area contributed by atoms with Crippen molar-refractivity contribution < 1.29 is 30.3 Å². The summed E-state index contributed by atoms with van der Waals surface area (Å²) in [7, 11) is 0. The van der Waals surface area contributed by atoms with Gasteiger partial charge in [-0.2, -0.15) is 0 Å². The maximum absolute atomic E-state index is 9.12. The average molecular weight is 181 g/mol. The molecule has 1 aliphatic heterocycles. The topological polar surface area (TPSA) is 110 Å². The normalized spacial score (nSPS) is 49.2. The third-order valence-electron chi connectivity index (χ3n) is 1.87. The first-order chi connectivity index (χ1) is 5.57. The minimum absolute atomic E-state index is 0.526. The van der Waals surface area contributed by atoms with Crippen LogP contribution in [0.25, 0.3) is 0 Å². The summed E-state index contributed by atoms with van der Waals surface area (Å²) in [4.78, 5) is 0. The minimum atomic E-state index is -1.57. The molecule has 0 aromatic heterocycles. The quantitative estimate of drug-likeness (QED) is 0.272. The molecule has 1 heterocycles. The number of aliphatic hydroxyl groups is 5. The number of rotatable bonds is 1. The lowest BCUT2D eigenvalue weighted by molar-refractivity contribution is -0.286. The first-order valence-electron chi connectivity index (χ1n) is 3.56. The molecular formula is C6H12O6. The molecule has 72 valence electrons. The summed E-state index contributed by atoms with van der Waals surface area (Å²) < 4.78 is 4.58. The third kappa shape index (κ3) is 1.58. The van der Waals surface area contributed by atoms with E-state index in [9.17, 15) is 0 Å². The molecule has 0 amide bonds. The van der Waals surface area contributed by atoms with Gasteiger partial charge in [-0.05, 0) is 0 Å². The van der Waals surface area contributed by atoms with E-state index in [0.717, 1.165) is 0 Å². The summed E-state index contributed by atoms with van der Waals surface area (Å²) in [6.07, 6.45) is -7.04. The first-order valence-corrected chi connectivity index (χ1v) is 3.56. The monoisotopic (exact) mass is 181 g/mol. The Kier molecular flexibility index (Phi) is 2.99. The van der Waals surface area contributed by atoms with E-state index in [-0.39, 0.29) is 0 Å². The molecule has 0 bridgehead atoms. The Morgan fingerprint density at radius 2 is 1.50 bits per heavy atom. The highest BCUT2D eigenvalue weighted by Crippen LogP contribution is 2.18. The van der Waals surface area contributed by atoms with E-state index < -0.39 is 37.3 Å². The summed E-state index contributed by atoms with van der Waals surface area (Å²) in [6.45, 7) is -0.526. The fourth-order valence-corrected chi connectivity index (χ4v) is 1.08. The van der Waals surface area contributed by atoms with Crippen LogP contribution in [-0.4, -0.2) is 62.8 Å². The highest BCUT2D eigenvalue weighted by Gasteiger charge is 2.42. The second-order valence-electron chi connectivity index (χ2n) is 2.72. The molecule has 0 saturated carbocycles. The predicted octanol–water partition coefficient (Wildman–Crippen LogP) is -3.22. The second-order valence-corrected chi connectivity index (χ2v) is 2.72. The highest BCUT2D eigenvalue weighted by molar-refractivity contribution is 4.87. The largest absolute Gasteiger partial charge is 0.394 e. The lowest BCUT2D eigenvalue weighted by atomic mass is 10.0. The van der Waals surface area contributed by atoms with Gasteiger partial charge in [0.05, 0.1) is 6.61 Å². The van der Waals surface area contributed by atoms with Crippen molar-refractivity contribution in [3.63, 3.8) is 0 Å². The van der Waals surface area contributed by atoms with Gasteiger partial charge in [-0.15, -0.1) is 0 Å². The van der Waals surface area contributed by atoms with Gasteiger partial charge in [0.1, 0.15) is 24.4 Å². The molecule has 6 nitrogen and oxygen atoms in total. The Morgan fingerprint density at radius 3 is 2.00 bits per heavy atom. The van der Waals surface area contributed by atoms with Crippen molar-refractivity contribution in [2.45, 2.75) is 30.7 Å². The Bertz CT molecular complexity index is 146. The van der Waals surface area contributed by atoms with Crippen LogP contribution in [0.1, 0.15) is 0 Å². The van der Waals surface area contributed by atoms with Crippen molar-refractivity contribution in [1.29, 1.82) is 0 Å². The zero-order chi connectivity index (χ0) is 9.30. The summed E-state index contributed by atoms with van der Waals surface area (Å²) >= 11 is 0. The van der Waals surface area contributed by atoms with Crippen LogP contribution < -0.4 is 0 Å². The molecule has 1 saturated heterocycles. The van der Waals surface area contributed by atoms with Crippen LogP contribution in [0.3, 0.4) is 0 Å². The first kappa shape index (κ1) is 9.85. The van der Waals surface area contributed by atoms with E-state index >= 15 is 0 Å². The van der Waals surface area contributed by atoms with Crippen molar-refractivity contribution in [2.75, 3.05) is 6.61 Å². The van der Waals surface area contributed by atoms with Crippen LogP contribution in [0.5, 0.6) is 0 Å². The SMILES string of the molecule is O[13CH2][C@H]1OC(O)[C@H](O)[C@@H](O)[C@H]1O. The molecule has 6 heteroatoms. The van der Waals surface area contributed by atoms with E-state index in [0.29, 0.717) is 0 Å². The van der Waals surface area contributed by atoms with Crippen molar-refractivity contribution in [2.24, 2.45) is 0 Å². The molecule has 0 radical (unpaired) electrons. The summed E-state index contributed by atoms with van der Waals surface area (Å²) in [5.74, 6) is 0. The molecule has 0 aromatic rings. The molecule has 1 unspecified atom stereocenters. The smallest absolute Gasteiger partial charge is 0.184 e. The van der Waals surface area contributed by atoms with Gasteiger partial charge >= 0.3 is 0 Å². The molecule has 0 spiro atoms. The maximum Gasteiger partial charge on any atom is 0.184 e. The Balaban J connectivity index is 2.63. The Labute approximate surface area is 68.6 Å². The van der Waals surface area contributed by atoms with Crippen molar-refractivity contribution in [3.8, 4) is 0 Å². The van der Waals surface area contributed by atoms with Crippen molar-refractivity contribution in [1.82, 2.24) is 0 Å². The van der Waals surface area contributed by atoms with E-state index in [1.165, 1.54) is 0 Å². The van der Waals surface area contributed by atoms with E-state index in [4.69, 9.17) is 25.5 Å². The number of aliphatic hydroxyl groups excluding tert-OH is 5. The number of hydrogen-bond acceptors (Lipinski definition) is 6.